The highest BCUT2D eigenvalue weighted by Gasteiger charge is 2.14. The van der Waals surface area contributed by atoms with Crippen LogP contribution in [0.25, 0.3) is 0 Å². The van der Waals surface area contributed by atoms with Gasteiger partial charge in [-0.1, -0.05) is 85.0 Å². The molecule has 0 saturated heterocycles. The third-order valence-corrected chi connectivity index (χ3v) is 4.30. The van der Waals surface area contributed by atoms with Gasteiger partial charge in [0.25, 0.3) is 0 Å². The van der Waals surface area contributed by atoms with Crippen LogP contribution in [0.1, 0.15) is 91.4 Å². The van der Waals surface area contributed by atoms with E-state index >= 15 is 0 Å². The minimum absolute atomic E-state index is 0.772. The minimum atomic E-state index is 0.772. The number of rotatable bonds is 13. The normalized spacial score (nSPS) is 14.7. The standard InChI is InChI=1S/C17H37N/c1-4-6-8-10-12-14-17(15-18)16(3)13-11-9-7-5-2/h16-17H,4-15,18H2,1-3H3. The quantitative estimate of drug-likeness (QED) is 0.430. The van der Waals surface area contributed by atoms with E-state index in [-0.39, 0.29) is 0 Å². The molecule has 0 aliphatic carbocycles. The predicted molar refractivity (Wildman–Crippen MR) is 83.8 cm³/mol. The summed E-state index contributed by atoms with van der Waals surface area (Å²) in [6, 6.07) is 0. The maximum atomic E-state index is 5.94. The molecule has 0 amide bonds. The van der Waals surface area contributed by atoms with Crippen LogP contribution in [-0.2, 0) is 0 Å². The molecule has 0 bridgehead atoms. The Morgan fingerprint density at radius 1 is 0.722 bits per heavy atom. The van der Waals surface area contributed by atoms with Gasteiger partial charge in [-0.2, -0.15) is 0 Å². The average molecular weight is 255 g/mol. The van der Waals surface area contributed by atoms with Gasteiger partial charge in [0.1, 0.15) is 0 Å². The fourth-order valence-corrected chi connectivity index (χ4v) is 2.77. The van der Waals surface area contributed by atoms with E-state index in [1.165, 1.54) is 70.6 Å². The van der Waals surface area contributed by atoms with Crippen LogP contribution in [0.15, 0.2) is 0 Å². The van der Waals surface area contributed by atoms with Crippen LogP contribution in [0.5, 0.6) is 0 Å². The fraction of sp³-hybridized carbons (Fsp3) is 1.00. The molecule has 0 heterocycles. The Balaban J connectivity index is 3.58. The largest absolute Gasteiger partial charge is 0.330 e. The van der Waals surface area contributed by atoms with E-state index in [4.69, 9.17) is 5.73 Å². The third kappa shape index (κ3) is 9.94. The van der Waals surface area contributed by atoms with Crippen LogP contribution in [0, 0.1) is 11.8 Å². The highest BCUT2D eigenvalue weighted by Crippen LogP contribution is 2.23. The summed E-state index contributed by atoms with van der Waals surface area (Å²) < 4.78 is 0. The molecule has 0 aromatic carbocycles. The van der Waals surface area contributed by atoms with Gasteiger partial charge in [0.2, 0.25) is 0 Å². The van der Waals surface area contributed by atoms with Gasteiger partial charge in [-0.05, 0) is 24.8 Å². The molecule has 2 atom stereocenters. The Hall–Kier alpha value is -0.0400. The molecule has 0 rings (SSSR count). The van der Waals surface area contributed by atoms with E-state index in [1.807, 2.05) is 0 Å². The summed E-state index contributed by atoms with van der Waals surface area (Å²) in [4.78, 5) is 0. The summed E-state index contributed by atoms with van der Waals surface area (Å²) in [6.45, 7) is 7.86. The Bertz CT molecular complexity index is 156. The lowest BCUT2D eigenvalue weighted by molar-refractivity contribution is 0.306. The Labute approximate surface area is 116 Å². The van der Waals surface area contributed by atoms with E-state index in [1.54, 1.807) is 0 Å². The molecule has 0 aliphatic heterocycles. The second kappa shape index (κ2) is 13.4. The fourth-order valence-electron chi connectivity index (χ4n) is 2.77. The van der Waals surface area contributed by atoms with Crippen LogP contribution in [0.3, 0.4) is 0 Å². The average Bonchev–Trinajstić information content (AvgIpc) is 2.39. The molecule has 2 unspecified atom stereocenters. The number of hydrogen-bond acceptors (Lipinski definition) is 1. The molecule has 0 radical (unpaired) electrons. The maximum absolute atomic E-state index is 5.94. The molecular formula is C17H37N. The van der Waals surface area contributed by atoms with Gasteiger partial charge < -0.3 is 5.73 Å². The van der Waals surface area contributed by atoms with Gasteiger partial charge in [0, 0.05) is 0 Å². The molecule has 2 N–H and O–H groups in total. The zero-order chi connectivity index (χ0) is 13.6. The monoisotopic (exact) mass is 255 g/mol. The number of hydrogen-bond donors (Lipinski definition) is 1. The molecule has 0 aromatic rings. The minimum Gasteiger partial charge on any atom is -0.330 e. The molecule has 0 spiro atoms. The highest BCUT2D eigenvalue weighted by molar-refractivity contribution is 4.68. The van der Waals surface area contributed by atoms with Crippen LogP contribution < -0.4 is 5.73 Å². The first-order chi connectivity index (χ1) is 8.76. The van der Waals surface area contributed by atoms with Crippen molar-refractivity contribution in [1.82, 2.24) is 0 Å². The summed E-state index contributed by atoms with van der Waals surface area (Å²) in [5.74, 6) is 1.60. The van der Waals surface area contributed by atoms with Crippen LogP contribution in [-0.4, -0.2) is 6.54 Å². The molecule has 1 nitrogen and oxygen atoms in total. The second-order valence-corrected chi connectivity index (χ2v) is 6.03. The molecule has 110 valence electrons. The summed E-state index contributed by atoms with van der Waals surface area (Å²) in [5, 5.41) is 0. The van der Waals surface area contributed by atoms with Gasteiger partial charge >= 0.3 is 0 Å². The SMILES string of the molecule is CCCCCCCC(CN)C(C)CCCCCC. The predicted octanol–water partition coefficient (Wildman–Crippen LogP) is 5.53. The summed E-state index contributed by atoms with van der Waals surface area (Å²) in [5.41, 5.74) is 5.94. The lowest BCUT2D eigenvalue weighted by Gasteiger charge is -2.22. The first-order valence-electron chi connectivity index (χ1n) is 8.46. The summed E-state index contributed by atoms with van der Waals surface area (Å²) >= 11 is 0. The Morgan fingerprint density at radius 2 is 1.22 bits per heavy atom. The second-order valence-electron chi connectivity index (χ2n) is 6.03. The van der Waals surface area contributed by atoms with E-state index in [9.17, 15) is 0 Å². The van der Waals surface area contributed by atoms with Crippen LogP contribution in [0.4, 0.5) is 0 Å². The van der Waals surface area contributed by atoms with Gasteiger partial charge in [0.05, 0.1) is 0 Å². The van der Waals surface area contributed by atoms with Crippen molar-refractivity contribution in [3.63, 3.8) is 0 Å². The van der Waals surface area contributed by atoms with Gasteiger partial charge in [0.15, 0.2) is 0 Å². The van der Waals surface area contributed by atoms with Crippen molar-refractivity contribution in [1.29, 1.82) is 0 Å². The van der Waals surface area contributed by atoms with E-state index in [0.29, 0.717) is 0 Å². The molecule has 0 fully saturated rings. The number of nitrogens with two attached hydrogens (primary N) is 1. The molecule has 1 heteroatoms. The highest BCUT2D eigenvalue weighted by atomic mass is 14.6. The molecule has 18 heavy (non-hydrogen) atoms. The smallest absolute Gasteiger partial charge is 0.00463 e. The van der Waals surface area contributed by atoms with Crippen LogP contribution in [0.2, 0.25) is 0 Å². The first kappa shape index (κ1) is 18.0. The zero-order valence-corrected chi connectivity index (χ0v) is 13.2. The summed E-state index contributed by atoms with van der Waals surface area (Å²) in [6.07, 6.45) is 15.3. The summed E-state index contributed by atoms with van der Waals surface area (Å²) in [7, 11) is 0. The van der Waals surface area contributed by atoms with Crippen molar-refractivity contribution in [3.05, 3.63) is 0 Å². The van der Waals surface area contributed by atoms with E-state index < -0.39 is 0 Å². The molecule has 0 aromatic heterocycles. The zero-order valence-electron chi connectivity index (χ0n) is 13.2. The molecular weight excluding hydrogens is 218 g/mol. The van der Waals surface area contributed by atoms with Crippen molar-refractivity contribution < 1.29 is 0 Å². The lowest BCUT2D eigenvalue weighted by Crippen LogP contribution is -2.21. The lowest BCUT2D eigenvalue weighted by atomic mass is 9.85. The van der Waals surface area contributed by atoms with Crippen molar-refractivity contribution in [2.75, 3.05) is 6.54 Å². The van der Waals surface area contributed by atoms with Crippen LogP contribution >= 0.6 is 0 Å². The van der Waals surface area contributed by atoms with Gasteiger partial charge in [-0.15, -0.1) is 0 Å². The maximum Gasteiger partial charge on any atom is -0.00463 e. The van der Waals surface area contributed by atoms with E-state index in [0.717, 1.165) is 18.4 Å². The Kier molecular flexibility index (Phi) is 13.4. The van der Waals surface area contributed by atoms with Crippen molar-refractivity contribution in [3.8, 4) is 0 Å². The molecule has 0 saturated carbocycles. The van der Waals surface area contributed by atoms with Gasteiger partial charge in [-0.3, -0.25) is 0 Å². The van der Waals surface area contributed by atoms with Gasteiger partial charge in [-0.25, -0.2) is 0 Å². The third-order valence-electron chi connectivity index (χ3n) is 4.30. The van der Waals surface area contributed by atoms with Crippen molar-refractivity contribution >= 4 is 0 Å². The Morgan fingerprint density at radius 3 is 1.78 bits per heavy atom. The number of unbranched alkanes of at least 4 members (excludes halogenated alkanes) is 7. The van der Waals surface area contributed by atoms with Crippen molar-refractivity contribution in [2.24, 2.45) is 17.6 Å². The van der Waals surface area contributed by atoms with E-state index in [2.05, 4.69) is 20.8 Å². The molecule has 0 aliphatic rings. The van der Waals surface area contributed by atoms with Crippen molar-refractivity contribution in [2.45, 2.75) is 91.4 Å². The topological polar surface area (TPSA) is 26.0 Å². The first-order valence-corrected chi connectivity index (χ1v) is 8.46.